The number of benzene rings is 1. The number of nitrogens with zero attached hydrogens (tertiary/aromatic N) is 2. The van der Waals surface area contributed by atoms with Gasteiger partial charge in [0.05, 0.1) is 11.4 Å². The number of aromatic nitrogens is 1. The fourth-order valence-electron chi connectivity index (χ4n) is 1.98. The molecule has 6 N–H and O–H groups in total. The standard InChI is InChI=1S/C15H17N5O.ClH/c16-6-3-7-19-12-8-13(20-15(18)11(12)9-17)10-4-1-2-5-14(10)21;/h1-2,4-5,8,21H,3,6-7,16H2,(H3,18,19,20);1H. The van der Waals surface area contributed by atoms with E-state index in [1.807, 2.05) is 6.07 Å². The van der Waals surface area contributed by atoms with E-state index in [-0.39, 0.29) is 24.0 Å². The van der Waals surface area contributed by atoms with Crippen LogP contribution < -0.4 is 16.8 Å². The summed E-state index contributed by atoms with van der Waals surface area (Å²) in [6.45, 7) is 1.19. The maximum absolute atomic E-state index is 9.90. The number of nitrogen functional groups attached to an aromatic ring is 1. The Morgan fingerprint density at radius 2 is 2.05 bits per heavy atom. The number of nitrogens with one attached hydrogen (secondary N) is 1. The summed E-state index contributed by atoms with van der Waals surface area (Å²) < 4.78 is 0. The molecular formula is C15H18ClN5O. The molecule has 0 saturated heterocycles. The molecule has 0 atom stereocenters. The van der Waals surface area contributed by atoms with E-state index < -0.39 is 0 Å². The first-order valence-electron chi connectivity index (χ1n) is 6.60. The molecule has 1 heterocycles. The van der Waals surface area contributed by atoms with Crippen LogP contribution in [0.25, 0.3) is 11.3 Å². The molecule has 7 heteroatoms. The molecule has 6 nitrogen and oxygen atoms in total. The number of hydrogen-bond donors (Lipinski definition) is 4. The zero-order chi connectivity index (χ0) is 15.2. The monoisotopic (exact) mass is 319 g/mol. The van der Waals surface area contributed by atoms with Gasteiger partial charge in [0.25, 0.3) is 0 Å². The van der Waals surface area contributed by atoms with Crippen molar-refractivity contribution in [2.75, 3.05) is 24.1 Å². The van der Waals surface area contributed by atoms with Crippen molar-refractivity contribution in [2.45, 2.75) is 6.42 Å². The van der Waals surface area contributed by atoms with Gasteiger partial charge in [0, 0.05) is 12.1 Å². The Bertz CT molecular complexity index is 684. The maximum Gasteiger partial charge on any atom is 0.144 e. The van der Waals surface area contributed by atoms with Crippen LogP contribution in [0.5, 0.6) is 5.75 Å². The molecule has 0 radical (unpaired) electrons. The normalized spacial score (nSPS) is 9.64. The lowest BCUT2D eigenvalue weighted by molar-refractivity contribution is 0.477. The van der Waals surface area contributed by atoms with Gasteiger partial charge in [0.2, 0.25) is 0 Å². The van der Waals surface area contributed by atoms with E-state index in [9.17, 15) is 10.4 Å². The van der Waals surface area contributed by atoms with E-state index in [1.54, 1.807) is 30.3 Å². The summed E-state index contributed by atoms with van der Waals surface area (Å²) in [5.74, 6) is 0.246. The van der Waals surface area contributed by atoms with Crippen LogP contribution in [-0.2, 0) is 0 Å². The Morgan fingerprint density at radius 3 is 2.68 bits per heavy atom. The number of aromatic hydroxyl groups is 1. The van der Waals surface area contributed by atoms with Crippen LogP contribution in [0, 0.1) is 11.3 Å². The Kier molecular flexibility index (Phi) is 6.45. The molecule has 0 bridgehead atoms. The summed E-state index contributed by atoms with van der Waals surface area (Å²) in [6.07, 6.45) is 0.777. The number of pyridine rings is 1. The van der Waals surface area contributed by atoms with E-state index in [0.717, 1.165) is 6.42 Å². The second-order valence-corrected chi connectivity index (χ2v) is 4.51. The highest BCUT2D eigenvalue weighted by Gasteiger charge is 2.13. The Morgan fingerprint density at radius 1 is 1.32 bits per heavy atom. The second kappa shape index (κ2) is 8.08. The van der Waals surface area contributed by atoms with Gasteiger partial charge in [-0.05, 0) is 31.2 Å². The van der Waals surface area contributed by atoms with Crippen LogP contribution in [0.4, 0.5) is 11.5 Å². The van der Waals surface area contributed by atoms with Crippen LogP contribution in [-0.4, -0.2) is 23.2 Å². The van der Waals surface area contributed by atoms with E-state index in [1.165, 1.54) is 0 Å². The van der Waals surface area contributed by atoms with E-state index in [0.29, 0.717) is 35.6 Å². The minimum absolute atomic E-state index is 0. The van der Waals surface area contributed by atoms with Crippen molar-refractivity contribution in [1.29, 1.82) is 5.26 Å². The summed E-state index contributed by atoms with van der Waals surface area (Å²) in [6, 6.07) is 10.6. The van der Waals surface area contributed by atoms with E-state index >= 15 is 0 Å². The average molecular weight is 320 g/mol. The fourth-order valence-corrected chi connectivity index (χ4v) is 1.98. The fraction of sp³-hybridized carbons (Fsp3) is 0.200. The number of halogens is 1. The number of para-hydroxylation sites is 1. The second-order valence-electron chi connectivity index (χ2n) is 4.51. The minimum atomic E-state index is 0. The topological polar surface area (TPSA) is 121 Å². The van der Waals surface area contributed by atoms with E-state index in [2.05, 4.69) is 10.3 Å². The molecule has 0 saturated carbocycles. The predicted octanol–water partition coefficient (Wildman–Crippen LogP) is 2.09. The smallest absolute Gasteiger partial charge is 0.144 e. The molecule has 0 aliphatic heterocycles. The molecule has 1 aromatic heterocycles. The van der Waals surface area contributed by atoms with Crippen molar-refractivity contribution in [2.24, 2.45) is 5.73 Å². The SMILES string of the molecule is Cl.N#Cc1c(NCCCN)cc(-c2ccccc2O)nc1N. The first-order valence-corrected chi connectivity index (χ1v) is 6.60. The molecule has 0 amide bonds. The lowest BCUT2D eigenvalue weighted by Gasteiger charge is -2.12. The number of phenolic OH excluding ortho intramolecular Hbond substituents is 1. The Balaban J connectivity index is 0.00000242. The van der Waals surface area contributed by atoms with Gasteiger partial charge >= 0.3 is 0 Å². The van der Waals surface area contributed by atoms with Gasteiger partial charge in [-0.2, -0.15) is 5.26 Å². The zero-order valence-corrected chi connectivity index (χ0v) is 12.7. The van der Waals surface area contributed by atoms with Crippen LogP contribution in [0.2, 0.25) is 0 Å². The number of phenols is 1. The van der Waals surface area contributed by atoms with Crippen LogP contribution in [0.3, 0.4) is 0 Å². The van der Waals surface area contributed by atoms with Crippen molar-refractivity contribution >= 4 is 23.9 Å². The summed E-state index contributed by atoms with van der Waals surface area (Å²) >= 11 is 0. The van der Waals surface area contributed by atoms with Crippen LogP contribution in [0.15, 0.2) is 30.3 Å². The molecule has 2 aromatic rings. The highest BCUT2D eigenvalue weighted by atomic mass is 35.5. The Labute approximate surface area is 135 Å². The van der Waals surface area contributed by atoms with Crippen LogP contribution in [0.1, 0.15) is 12.0 Å². The third kappa shape index (κ3) is 3.79. The number of rotatable bonds is 5. The van der Waals surface area contributed by atoms with Crippen molar-refractivity contribution in [1.82, 2.24) is 4.98 Å². The van der Waals surface area contributed by atoms with Gasteiger partial charge in [0.1, 0.15) is 23.2 Å². The van der Waals surface area contributed by atoms with Gasteiger partial charge in [-0.25, -0.2) is 4.98 Å². The van der Waals surface area contributed by atoms with Crippen molar-refractivity contribution in [3.05, 3.63) is 35.9 Å². The van der Waals surface area contributed by atoms with E-state index in [4.69, 9.17) is 11.5 Å². The van der Waals surface area contributed by atoms with Crippen LogP contribution >= 0.6 is 12.4 Å². The molecule has 0 fully saturated rings. The summed E-state index contributed by atoms with van der Waals surface area (Å²) in [5.41, 5.74) is 13.3. The maximum atomic E-state index is 9.90. The number of hydrogen-bond acceptors (Lipinski definition) is 6. The lowest BCUT2D eigenvalue weighted by atomic mass is 10.1. The summed E-state index contributed by atoms with van der Waals surface area (Å²) in [5, 5.41) is 22.2. The lowest BCUT2D eigenvalue weighted by Crippen LogP contribution is -2.10. The molecule has 1 aromatic carbocycles. The highest BCUT2D eigenvalue weighted by molar-refractivity contribution is 5.85. The quantitative estimate of drug-likeness (QED) is 0.626. The predicted molar refractivity (Wildman–Crippen MR) is 89.9 cm³/mol. The molecule has 0 aliphatic rings. The number of anilines is 2. The first kappa shape index (κ1) is 17.6. The number of nitrogens with two attached hydrogens (primary N) is 2. The molecule has 22 heavy (non-hydrogen) atoms. The minimum Gasteiger partial charge on any atom is -0.507 e. The van der Waals surface area contributed by atoms with Gasteiger partial charge in [-0.3, -0.25) is 0 Å². The van der Waals surface area contributed by atoms with Gasteiger partial charge in [0.15, 0.2) is 0 Å². The van der Waals surface area contributed by atoms with Gasteiger partial charge < -0.3 is 21.9 Å². The molecule has 0 spiro atoms. The average Bonchev–Trinajstić information content (AvgIpc) is 2.47. The molecule has 116 valence electrons. The zero-order valence-electron chi connectivity index (χ0n) is 11.9. The van der Waals surface area contributed by atoms with Gasteiger partial charge in [-0.15, -0.1) is 12.4 Å². The number of nitriles is 1. The summed E-state index contributed by atoms with van der Waals surface area (Å²) in [7, 11) is 0. The molecule has 0 aliphatic carbocycles. The van der Waals surface area contributed by atoms with Gasteiger partial charge in [-0.1, -0.05) is 12.1 Å². The third-order valence-corrected chi connectivity index (χ3v) is 3.04. The molecular weight excluding hydrogens is 302 g/mol. The van der Waals surface area contributed by atoms with Crippen molar-refractivity contribution in [3.63, 3.8) is 0 Å². The Hall–Kier alpha value is -2.49. The molecule has 0 unspecified atom stereocenters. The largest absolute Gasteiger partial charge is 0.507 e. The van der Waals surface area contributed by atoms with Crippen molar-refractivity contribution < 1.29 is 5.11 Å². The molecule has 2 rings (SSSR count). The summed E-state index contributed by atoms with van der Waals surface area (Å²) in [4.78, 5) is 4.19. The first-order chi connectivity index (χ1) is 10.2. The highest BCUT2D eigenvalue weighted by Crippen LogP contribution is 2.31. The third-order valence-electron chi connectivity index (χ3n) is 3.04. The van der Waals surface area contributed by atoms with Crippen molar-refractivity contribution in [3.8, 4) is 23.1 Å².